The van der Waals surface area contributed by atoms with E-state index in [0.717, 1.165) is 0 Å². The molecular formula is C27H21F2NO5. The summed E-state index contributed by atoms with van der Waals surface area (Å²) in [6, 6.07) is 12.3. The number of ketones is 1. The molecule has 0 aromatic heterocycles. The second-order valence-electron chi connectivity index (χ2n) is 8.74. The number of halogens is 2. The van der Waals surface area contributed by atoms with Crippen LogP contribution in [0.25, 0.3) is 0 Å². The zero-order chi connectivity index (χ0) is 24.6. The number of carbonyl (C=O) groups excluding carboxylic acids is 2. The average Bonchev–Trinajstić information content (AvgIpc) is 3.35. The largest absolute Gasteiger partial charge is 0.454 e. The lowest BCUT2D eigenvalue weighted by Crippen LogP contribution is -2.60. The van der Waals surface area contributed by atoms with Gasteiger partial charge in [0.15, 0.2) is 22.7 Å². The lowest BCUT2D eigenvalue weighted by molar-refractivity contribution is -0.198. The van der Waals surface area contributed by atoms with Gasteiger partial charge in [0.05, 0.1) is 0 Å². The van der Waals surface area contributed by atoms with E-state index in [2.05, 4.69) is 0 Å². The van der Waals surface area contributed by atoms with Gasteiger partial charge in [0.25, 0.3) is 5.92 Å². The fraction of sp³-hybridized carbons (Fsp3) is 0.296. The zero-order valence-corrected chi connectivity index (χ0v) is 18.6. The molecule has 0 N–H and O–H groups in total. The van der Waals surface area contributed by atoms with Gasteiger partial charge >= 0.3 is 5.97 Å². The summed E-state index contributed by atoms with van der Waals surface area (Å²) in [5, 5.41) is 9.73. The van der Waals surface area contributed by atoms with E-state index < -0.39 is 29.8 Å². The monoisotopic (exact) mass is 477 g/mol. The van der Waals surface area contributed by atoms with Crippen LogP contribution in [-0.4, -0.2) is 24.5 Å². The smallest absolute Gasteiger partial charge is 0.324 e. The maximum atomic E-state index is 15.0. The number of allylic oxidation sites excluding steroid dienone is 4. The van der Waals surface area contributed by atoms with Gasteiger partial charge in [-0.2, -0.15) is 5.26 Å². The van der Waals surface area contributed by atoms with Crippen LogP contribution in [0, 0.1) is 17.2 Å². The second kappa shape index (κ2) is 8.66. The van der Waals surface area contributed by atoms with Gasteiger partial charge in [0.1, 0.15) is 6.07 Å². The summed E-state index contributed by atoms with van der Waals surface area (Å²) < 4.78 is 45.9. The fourth-order valence-electron chi connectivity index (χ4n) is 4.67. The van der Waals surface area contributed by atoms with Crippen LogP contribution >= 0.6 is 0 Å². The van der Waals surface area contributed by atoms with Crippen LogP contribution in [0.4, 0.5) is 8.78 Å². The topological polar surface area (TPSA) is 85.6 Å². The highest BCUT2D eigenvalue weighted by molar-refractivity contribution is 5.99. The molecule has 2 aromatic carbocycles. The van der Waals surface area contributed by atoms with E-state index >= 15 is 0 Å². The molecule has 0 radical (unpaired) electrons. The quantitative estimate of drug-likeness (QED) is 0.420. The Hall–Kier alpha value is -3.99. The summed E-state index contributed by atoms with van der Waals surface area (Å²) in [6.45, 7) is -0.0366. The third kappa shape index (κ3) is 3.77. The lowest BCUT2D eigenvalue weighted by Gasteiger charge is -2.47. The van der Waals surface area contributed by atoms with E-state index in [1.807, 2.05) is 18.2 Å². The van der Waals surface area contributed by atoms with Crippen molar-refractivity contribution in [3.05, 3.63) is 83.5 Å². The molecule has 35 heavy (non-hydrogen) atoms. The predicted molar refractivity (Wildman–Crippen MR) is 120 cm³/mol. The number of Topliss-reactive ketones (excluding diaryl/α,β-unsaturated/α-hetero) is 1. The van der Waals surface area contributed by atoms with Gasteiger partial charge < -0.3 is 14.2 Å². The number of ether oxygens (including phenoxy) is 3. The first-order valence-electron chi connectivity index (χ1n) is 11.2. The van der Waals surface area contributed by atoms with Crippen LogP contribution < -0.4 is 9.47 Å². The maximum absolute atomic E-state index is 15.0. The van der Waals surface area contributed by atoms with E-state index in [-0.39, 0.29) is 41.8 Å². The molecule has 8 heteroatoms. The highest BCUT2D eigenvalue weighted by atomic mass is 19.3. The Kier molecular flexibility index (Phi) is 5.64. The molecule has 1 fully saturated rings. The summed E-state index contributed by atoms with van der Waals surface area (Å²) >= 11 is 0. The number of benzene rings is 2. The van der Waals surface area contributed by atoms with E-state index in [9.17, 15) is 23.6 Å². The van der Waals surface area contributed by atoms with Crippen molar-refractivity contribution >= 4 is 11.8 Å². The van der Waals surface area contributed by atoms with Crippen molar-refractivity contribution in [2.24, 2.45) is 5.92 Å². The normalized spacial score (nSPS) is 24.2. The molecule has 3 atom stereocenters. The third-order valence-corrected chi connectivity index (χ3v) is 6.79. The maximum Gasteiger partial charge on any atom is 0.324 e. The van der Waals surface area contributed by atoms with Crippen LogP contribution in [0.1, 0.15) is 46.9 Å². The van der Waals surface area contributed by atoms with Crippen LogP contribution in [0.15, 0.2) is 66.8 Å². The van der Waals surface area contributed by atoms with Crippen molar-refractivity contribution in [1.82, 2.24) is 0 Å². The van der Waals surface area contributed by atoms with Crippen molar-refractivity contribution in [3.8, 4) is 17.6 Å². The molecule has 2 aliphatic carbocycles. The summed E-state index contributed by atoms with van der Waals surface area (Å²) in [5.41, 5.74) is -1.61. The minimum Gasteiger partial charge on any atom is -0.454 e. The van der Waals surface area contributed by atoms with Crippen molar-refractivity contribution in [3.63, 3.8) is 0 Å². The molecule has 0 amide bonds. The zero-order valence-electron chi connectivity index (χ0n) is 18.6. The Morgan fingerprint density at radius 2 is 1.91 bits per heavy atom. The van der Waals surface area contributed by atoms with Gasteiger partial charge in [-0.1, -0.05) is 48.6 Å². The van der Waals surface area contributed by atoms with Crippen LogP contribution in [0.3, 0.4) is 0 Å². The van der Waals surface area contributed by atoms with Crippen molar-refractivity contribution in [2.45, 2.75) is 36.7 Å². The third-order valence-electron chi connectivity index (χ3n) is 6.79. The standard InChI is InChI=1S/C27H21F2NO5/c28-27(29)12-11-26(27,20-9-10-21-22(14-20)34-16-33-21)25(32)35-23(15-30)18-7-4-8-19(13-18)24(31)17-5-2-1-3-6-17/h1-5,7-10,13-14,17,23H,6,11-12,16H2. The molecular weight excluding hydrogens is 456 g/mol. The number of nitriles is 1. The van der Waals surface area contributed by atoms with Gasteiger partial charge in [0.2, 0.25) is 12.9 Å². The molecule has 2 aromatic rings. The van der Waals surface area contributed by atoms with Crippen molar-refractivity contribution < 1.29 is 32.6 Å². The minimum atomic E-state index is -3.36. The number of carbonyl (C=O) groups is 2. The van der Waals surface area contributed by atoms with Crippen LogP contribution in [0.2, 0.25) is 0 Å². The molecule has 6 nitrogen and oxygen atoms in total. The van der Waals surface area contributed by atoms with E-state index in [1.54, 1.807) is 24.3 Å². The van der Waals surface area contributed by atoms with Crippen molar-refractivity contribution in [2.75, 3.05) is 6.79 Å². The number of hydrogen-bond acceptors (Lipinski definition) is 6. The van der Waals surface area contributed by atoms with E-state index in [1.165, 1.54) is 30.3 Å². The molecule has 1 heterocycles. The first-order valence-corrected chi connectivity index (χ1v) is 11.2. The molecule has 1 aliphatic heterocycles. The molecule has 0 bridgehead atoms. The lowest BCUT2D eigenvalue weighted by atomic mass is 9.61. The molecule has 0 saturated heterocycles. The summed E-state index contributed by atoms with van der Waals surface area (Å²) in [7, 11) is 0. The number of fused-ring (bicyclic) bond motifs is 1. The summed E-state index contributed by atoms with van der Waals surface area (Å²) in [6.07, 6.45) is 5.81. The molecule has 0 spiro atoms. The average molecular weight is 477 g/mol. The number of alkyl halides is 2. The van der Waals surface area contributed by atoms with Gasteiger partial charge in [-0.15, -0.1) is 0 Å². The van der Waals surface area contributed by atoms with E-state index in [4.69, 9.17) is 14.2 Å². The second-order valence-corrected chi connectivity index (χ2v) is 8.74. The Morgan fingerprint density at radius 1 is 1.09 bits per heavy atom. The number of hydrogen-bond donors (Lipinski definition) is 0. The number of esters is 1. The Morgan fingerprint density at radius 3 is 2.60 bits per heavy atom. The van der Waals surface area contributed by atoms with Gasteiger partial charge in [-0.25, -0.2) is 8.78 Å². The van der Waals surface area contributed by atoms with E-state index in [0.29, 0.717) is 17.7 Å². The van der Waals surface area contributed by atoms with Gasteiger partial charge in [-0.3, -0.25) is 9.59 Å². The van der Waals surface area contributed by atoms with Gasteiger partial charge in [0, 0.05) is 23.5 Å². The fourth-order valence-corrected chi connectivity index (χ4v) is 4.67. The predicted octanol–water partition coefficient (Wildman–Crippen LogP) is 5.21. The minimum absolute atomic E-state index is 0.0366. The summed E-state index contributed by atoms with van der Waals surface area (Å²) in [4.78, 5) is 26.1. The first kappa shape index (κ1) is 22.8. The Bertz CT molecular complexity index is 1290. The van der Waals surface area contributed by atoms with Gasteiger partial charge in [-0.05, 0) is 36.6 Å². The van der Waals surface area contributed by atoms with Crippen LogP contribution in [0.5, 0.6) is 11.5 Å². The SMILES string of the molecule is N#CC(OC(=O)C1(c2ccc3c(c2)OCO3)CCC1(F)F)c1cccc(C(=O)C2C=CC=CC2)c1. The highest BCUT2D eigenvalue weighted by Crippen LogP contribution is 2.57. The van der Waals surface area contributed by atoms with Crippen molar-refractivity contribution in [1.29, 1.82) is 5.26 Å². The summed E-state index contributed by atoms with van der Waals surface area (Å²) in [5.74, 6) is -4.36. The number of nitrogens with zero attached hydrogens (tertiary/aromatic N) is 1. The Balaban J connectivity index is 1.42. The molecule has 1 saturated carbocycles. The van der Waals surface area contributed by atoms with Crippen LogP contribution in [-0.2, 0) is 14.9 Å². The molecule has 5 rings (SSSR count). The molecule has 3 unspecified atom stereocenters. The highest BCUT2D eigenvalue weighted by Gasteiger charge is 2.68. The molecule has 3 aliphatic rings. The first-order chi connectivity index (χ1) is 16.9. The Labute approximate surface area is 200 Å². The number of rotatable bonds is 6. The molecule has 178 valence electrons.